The highest BCUT2D eigenvalue weighted by molar-refractivity contribution is 9.10. The quantitative estimate of drug-likeness (QED) is 0.261. The maximum Gasteiger partial charge on any atom is 0.337 e. The Kier molecular flexibility index (Phi) is 7.09. The third-order valence-electron chi connectivity index (χ3n) is 4.78. The number of carbonyl (C=O) groups excluding carboxylic acids is 1. The summed E-state index contributed by atoms with van der Waals surface area (Å²) in [5.74, 6) is -0.472. The fourth-order valence-corrected chi connectivity index (χ4v) is 3.63. The molecule has 2 aromatic carbocycles. The van der Waals surface area contributed by atoms with Gasteiger partial charge in [0.25, 0.3) is 0 Å². The van der Waals surface area contributed by atoms with Gasteiger partial charge in [-0.1, -0.05) is 28.8 Å². The van der Waals surface area contributed by atoms with Crippen molar-refractivity contribution in [2.75, 3.05) is 12.4 Å². The molecule has 0 unspecified atom stereocenters. The molecule has 3 rings (SSSR count). The van der Waals surface area contributed by atoms with Gasteiger partial charge in [0.15, 0.2) is 5.96 Å². The summed E-state index contributed by atoms with van der Waals surface area (Å²) in [6.45, 7) is 0.116. The van der Waals surface area contributed by atoms with Crippen molar-refractivity contribution < 1.29 is 19.0 Å². The van der Waals surface area contributed by atoms with Crippen LogP contribution in [0.1, 0.15) is 41.6 Å². The van der Waals surface area contributed by atoms with E-state index < -0.39 is 5.97 Å². The van der Waals surface area contributed by atoms with Crippen LogP contribution < -0.4 is 10.6 Å². The predicted octanol–water partition coefficient (Wildman–Crippen LogP) is 4.58. The molecule has 0 aromatic heterocycles. The van der Waals surface area contributed by atoms with Crippen molar-refractivity contribution in [3.05, 3.63) is 57.8 Å². The van der Waals surface area contributed by atoms with Gasteiger partial charge in [0, 0.05) is 16.1 Å². The Hall–Kier alpha value is -2.61. The molecule has 6 nitrogen and oxygen atoms in total. The maximum absolute atomic E-state index is 14.1. The molecule has 8 heteroatoms. The average Bonchev–Trinajstić information content (AvgIpc) is 3.22. The molecule has 0 atom stereocenters. The molecule has 0 spiro atoms. The van der Waals surface area contributed by atoms with E-state index in [-0.39, 0.29) is 24.2 Å². The van der Waals surface area contributed by atoms with Crippen molar-refractivity contribution in [3.63, 3.8) is 0 Å². The number of hydrogen-bond acceptors (Lipinski definition) is 4. The summed E-state index contributed by atoms with van der Waals surface area (Å²) in [6.07, 6.45) is 4.29. The summed E-state index contributed by atoms with van der Waals surface area (Å²) in [7, 11) is 1.30. The van der Waals surface area contributed by atoms with Crippen LogP contribution in [0.15, 0.2) is 45.9 Å². The highest BCUT2D eigenvalue weighted by Crippen LogP contribution is 2.25. The van der Waals surface area contributed by atoms with Crippen LogP contribution in [0.2, 0.25) is 0 Å². The van der Waals surface area contributed by atoms with Gasteiger partial charge < -0.3 is 20.5 Å². The van der Waals surface area contributed by atoms with Crippen LogP contribution in [0, 0.1) is 5.82 Å². The number of nitrogens with zero attached hydrogens (tertiary/aromatic N) is 1. The minimum atomic E-state index is -0.508. The summed E-state index contributed by atoms with van der Waals surface area (Å²) in [5.41, 5.74) is 1.05. The van der Waals surface area contributed by atoms with Crippen LogP contribution in [0.25, 0.3) is 0 Å². The number of nitrogens with one attached hydrogen (secondary N) is 2. The molecule has 3 N–H and O–H groups in total. The number of halogens is 2. The maximum atomic E-state index is 14.1. The van der Waals surface area contributed by atoms with Crippen molar-refractivity contribution in [3.8, 4) is 5.75 Å². The number of anilines is 1. The zero-order chi connectivity index (χ0) is 20.8. The lowest BCUT2D eigenvalue weighted by Gasteiger charge is -2.18. The smallest absolute Gasteiger partial charge is 0.337 e. The molecular formula is C21H23BrFN3O3. The summed E-state index contributed by atoms with van der Waals surface area (Å²) < 4.78 is 19.6. The average molecular weight is 464 g/mol. The van der Waals surface area contributed by atoms with Crippen LogP contribution in [0.3, 0.4) is 0 Å². The Balaban J connectivity index is 1.85. The molecule has 0 heterocycles. The van der Waals surface area contributed by atoms with Crippen molar-refractivity contribution in [1.29, 1.82) is 0 Å². The Morgan fingerprint density at radius 2 is 2.03 bits per heavy atom. The lowest BCUT2D eigenvalue weighted by atomic mass is 10.2. The predicted molar refractivity (Wildman–Crippen MR) is 114 cm³/mol. The van der Waals surface area contributed by atoms with Crippen molar-refractivity contribution in [2.45, 2.75) is 38.3 Å². The van der Waals surface area contributed by atoms with Crippen molar-refractivity contribution >= 4 is 33.5 Å². The molecule has 0 aliphatic heterocycles. The fourth-order valence-electron chi connectivity index (χ4n) is 3.22. The Bertz CT molecular complexity index is 914. The van der Waals surface area contributed by atoms with Gasteiger partial charge in [0.2, 0.25) is 0 Å². The first-order valence-electron chi connectivity index (χ1n) is 9.39. The van der Waals surface area contributed by atoms with E-state index in [9.17, 15) is 14.3 Å². The molecule has 154 valence electrons. The largest absolute Gasteiger partial charge is 0.506 e. The second-order valence-corrected chi connectivity index (χ2v) is 7.79. The molecule has 0 bridgehead atoms. The lowest BCUT2D eigenvalue weighted by molar-refractivity contribution is 0.0601. The van der Waals surface area contributed by atoms with Crippen LogP contribution in [0.4, 0.5) is 10.1 Å². The summed E-state index contributed by atoms with van der Waals surface area (Å²) in [5, 5.41) is 16.6. The molecule has 0 saturated heterocycles. The van der Waals surface area contributed by atoms with E-state index in [0.29, 0.717) is 22.8 Å². The third kappa shape index (κ3) is 5.69. The Morgan fingerprint density at radius 1 is 1.28 bits per heavy atom. The van der Waals surface area contributed by atoms with Gasteiger partial charge in [0.1, 0.15) is 11.6 Å². The number of esters is 1. The first-order valence-corrected chi connectivity index (χ1v) is 10.2. The van der Waals surface area contributed by atoms with Gasteiger partial charge in [-0.2, -0.15) is 0 Å². The van der Waals surface area contributed by atoms with Gasteiger partial charge in [-0.15, -0.1) is 0 Å². The number of hydrogen-bond donors (Lipinski definition) is 3. The third-order valence-corrected chi connectivity index (χ3v) is 5.28. The number of ether oxygens (including phenoxy) is 1. The number of phenolic OH excluding ortho intramolecular Hbond substituents is 1. The van der Waals surface area contributed by atoms with Gasteiger partial charge >= 0.3 is 5.97 Å². The van der Waals surface area contributed by atoms with E-state index in [1.54, 1.807) is 12.1 Å². The number of methoxy groups -OCH3 is 1. The number of aromatic hydroxyl groups is 1. The number of rotatable bonds is 5. The molecule has 29 heavy (non-hydrogen) atoms. The Labute approximate surface area is 177 Å². The van der Waals surface area contributed by atoms with Crippen molar-refractivity contribution in [1.82, 2.24) is 5.32 Å². The van der Waals surface area contributed by atoms with E-state index in [1.165, 1.54) is 31.4 Å². The second-order valence-electron chi connectivity index (χ2n) is 6.87. The van der Waals surface area contributed by atoms with Crippen LogP contribution >= 0.6 is 15.9 Å². The molecule has 2 aromatic rings. The van der Waals surface area contributed by atoms with Crippen molar-refractivity contribution in [2.24, 2.45) is 4.99 Å². The van der Waals surface area contributed by atoms with Gasteiger partial charge in [-0.05, 0) is 49.2 Å². The lowest BCUT2D eigenvalue weighted by Crippen LogP contribution is -2.37. The standard InChI is InChI=1S/C21H23BrFN3O3/c1-29-20(28)13-6-9-19(27)18(11-13)26-21(25-16-4-2-3-5-16)24-12-14-10-15(22)7-8-17(14)23/h6-11,16,27H,2-5,12H2,1H3,(H2,24,25,26). The topological polar surface area (TPSA) is 83.0 Å². The number of phenols is 1. The SMILES string of the molecule is COC(=O)c1ccc(O)c(NC(=NCc2cc(Br)ccc2F)NC2CCCC2)c1. The van der Waals surface area contributed by atoms with E-state index in [1.807, 2.05) is 0 Å². The summed E-state index contributed by atoms with van der Waals surface area (Å²) in [6, 6.07) is 9.33. The summed E-state index contributed by atoms with van der Waals surface area (Å²) >= 11 is 3.34. The molecule has 0 radical (unpaired) electrons. The van der Waals surface area contributed by atoms with Crippen LogP contribution in [0.5, 0.6) is 5.75 Å². The molecule has 1 saturated carbocycles. The molecule has 1 fully saturated rings. The van der Waals surface area contributed by atoms with E-state index >= 15 is 0 Å². The number of guanidine groups is 1. The van der Waals surface area contributed by atoms with Crippen LogP contribution in [-0.4, -0.2) is 30.2 Å². The zero-order valence-corrected chi connectivity index (χ0v) is 17.6. The number of benzene rings is 2. The first kappa shape index (κ1) is 21.1. The summed E-state index contributed by atoms with van der Waals surface area (Å²) in [4.78, 5) is 16.3. The van der Waals surface area contributed by atoms with Gasteiger partial charge in [-0.3, -0.25) is 0 Å². The van der Waals surface area contributed by atoms with E-state index in [4.69, 9.17) is 4.74 Å². The van der Waals surface area contributed by atoms with Gasteiger partial charge in [-0.25, -0.2) is 14.2 Å². The second kappa shape index (κ2) is 9.73. The zero-order valence-electron chi connectivity index (χ0n) is 16.0. The van der Waals surface area contributed by atoms with E-state index in [2.05, 4.69) is 31.6 Å². The minimum Gasteiger partial charge on any atom is -0.506 e. The highest BCUT2D eigenvalue weighted by Gasteiger charge is 2.18. The first-order chi connectivity index (χ1) is 14.0. The minimum absolute atomic E-state index is 0.0350. The number of carbonyl (C=O) groups is 1. The molecule has 1 aliphatic carbocycles. The van der Waals surface area contributed by atoms with E-state index in [0.717, 1.165) is 30.2 Å². The van der Waals surface area contributed by atoms with Crippen LogP contribution in [-0.2, 0) is 11.3 Å². The highest BCUT2D eigenvalue weighted by atomic mass is 79.9. The monoisotopic (exact) mass is 463 g/mol. The van der Waals surface area contributed by atoms with Gasteiger partial charge in [0.05, 0.1) is 24.9 Å². The number of aliphatic imine (C=N–C) groups is 1. The molecule has 1 aliphatic rings. The normalized spacial score (nSPS) is 14.7. The molecule has 0 amide bonds. The molecular weight excluding hydrogens is 441 g/mol. The fraction of sp³-hybridized carbons (Fsp3) is 0.333. The Morgan fingerprint density at radius 3 is 2.76 bits per heavy atom.